The number of benzene rings is 2. The van der Waals surface area contributed by atoms with Gasteiger partial charge in [-0.1, -0.05) is 41.3 Å². The molecule has 4 rings (SSSR count). The fraction of sp³-hybridized carbons (Fsp3) is 0.217. The number of hydrogen-bond acceptors (Lipinski definition) is 9. The number of carbonyl (C=O) groups is 1. The number of carbonyl (C=O) groups excluding carboxylic acids is 1. The van der Waals surface area contributed by atoms with Crippen LogP contribution in [0.1, 0.15) is 0 Å². The van der Waals surface area contributed by atoms with Crippen molar-refractivity contribution in [1.82, 2.24) is 19.7 Å². The van der Waals surface area contributed by atoms with E-state index in [0.29, 0.717) is 39.9 Å². The zero-order chi connectivity index (χ0) is 24.1. The van der Waals surface area contributed by atoms with E-state index in [0.717, 1.165) is 15.8 Å². The highest BCUT2D eigenvalue weighted by Crippen LogP contribution is 2.41. The fourth-order valence-corrected chi connectivity index (χ4v) is 4.95. The van der Waals surface area contributed by atoms with Crippen LogP contribution in [-0.4, -0.2) is 52.7 Å². The first-order valence-corrected chi connectivity index (χ1v) is 12.0. The molecule has 1 amide bonds. The summed E-state index contributed by atoms with van der Waals surface area (Å²) < 4.78 is 19.2. The second-order valence-corrected chi connectivity index (χ2v) is 8.92. The van der Waals surface area contributed by atoms with Gasteiger partial charge in [0.2, 0.25) is 11.7 Å². The van der Waals surface area contributed by atoms with Crippen molar-refractivity contribution in [3.63, 3.8) is 0 Å². The molecule has 34 heavy (non-hydrogen) atoms. The molecule has 2 aromatic heterocycles. The maximum atomic E-state index is 12.6. The van der Waals surface area contributed by atoms with E-state index in [1.165, 1.54) is 23.1 Å². The summed E-state index contributed by atoms with van der Waals surface area (Å²) >= 11 is 2.72. The summed E-state index contributed by atoms with van der Waals surface area (Å²) in [5, 5.41) is 12.7. The van der Waals surface area contributed by atoms with Crippen molar-refractivity contribution in [3.05, 3.63) is 49.1 Å². The number of hydrogen-bond donors (Lipinski definition) is 1. The minimum atomic E-state index is -0.174. The fourth-order valence-electron chi connectivity index (χ4n) is 3.32. The maximum Gasteiger partial charge on any atom is 0.236 e. The summed E-state index contributed by atoms with van der Waals surface area (Å²) in [6.07, 6.45) is 1.75. The van der Waals surface area contributed by atoms with Gasteiger partial charge in [0.25, 0.3) is 0 Å². The molecule has 0 aliphatic heterocycles. The second kappa shape index (κ2) is 10.6. The average Bonchev–Trinajstić information content (AvgIpc) is 3.45. The van der Waals surface area contributed by atoms with E-state index in [9.17, 15) is 4.79 Å². The second-order valence-electron chi connectivity index (χ2n) is 6.94. The molecular formula is C23H23N5O4S2. The Bertz CT molecular complexity index is 1280. The van der Waals surface area contributed by atoms with Crippen molar-refractivity contribution in [3.8, 4) is 28.6 Å². The number of amides is 1. The van der Waals surface area contributed by atoms with E-state index in [4.69, 9.17) is 14.2 Å². The molecule has 0 unspecified atom stereocenters. The summed E-state index contributed by atoms with van der Waals surface area (Å²) in [5.41, 5.74) is 1.59. The Kier molecular flexibility index (Phi) is 7.33. The van der Waals surface area contributed by atoms with Gasteiger partial charge in [-0.05, 0) is 24.3 Å². The van der Waals surface area contributed by atoms with Gasteiger partial charge in [0.15, 0.2) is 27.6 Å². The lowest BCUT2D eigenvalue weighted by molar-refractivity contribution is -0.113. The number of thiazole rings is 1. The summed E-state index contributed by atoms with van der Waals surface area (Å²) in [5.74, 6) is 2.08. The molecule has 2 aromatic carbocycles. The smallest absolute Gasteiger partial charge is 0.236 e. The Morgan fingerprint density at radius 3 is 2.53 bits per heavy atom. The van der Waals surface area contributed by atoms with Crippen molar-refractivity contribution >= 4 is 44.4 Å². The monoisotopic (exact) mass is 497 g/mol. The Morgan fingerprint density at radius 2 is 1.88 bits per heavy atom. The lowest BCUT2D eigenvalue weighted by atomic mass is 10.1. The number of nitrogens with zero attached hydrogens (tertiary/aromatic N) is 4. The molecule has 11 heteroatoms. The molecule has 0 radical (unpaired) electrons. The largest absolute Gasteiger partial charge is 0.493 e. The zero-order valence-electron chi connectivity index (χ0n) is 18.9. The lowest BCUT2D eigenvalue weighted by Crippen LogP contribution is -2.14. The molecule has 0 spiro atoms. The summed E-state index contributed by atoms with van der Waals surface area (Å²) in [4.78, 5) is 17.0. The van der Waals surface area contributed by atoms with Gasteiger partial charge < -0.3 is 19.5 Å². The van der Waals surface area contributed by atoms with Crippen molar-refractivity contribution in [2.45, 2.75) is 11.7 Å². The van der Waals surface area contributed by atoms with Crippen LogP contribution in [0, 0.1) is 0 Å². The number of methoxy groups -OCH3 is 3. The molecule has 176 valence electrons. The lowest BCUT2D eigenvalue weighted by Gasteiger charge is -2.14. The molecular weight excluding hydrogens is 474 g/mol. The molecule has 0 aliphatic carbocycles. The summed E-state index contributed by atoms with van der Waals surface area (Å²) in [7, 11) is 4.66. The minimum Gasteiger partial charge on any atom is -0.493 e. The quantitative estimate of drug-likeness (QED) is 0.253. The number of thioether (sulfide) groups is 1. The van der Waals surface area contributed by atoms with Crippen molar-refractivity contribution < 1.29 is 19.0 Å². The number of rotatable bonds is 10. The Labute approximate surface area is 204 Å². The highest BCUT2D eigenvalue weighted by atomic mass is 32.2. The molecule has 2 heterocycles. The molecule has 0 saturated carbocycles. The van der Waals surface area contributed by atoms with Crippen LogP contribution in [-0.2, 0) is 11.3 Å². The summed E-state index contributed by atoms with van der Waals surface area (Å²) in [6, 6.07) is 11.4. The average molecular weight is 498 g/mol. The number of nitrogens with one attached hydrogen (secondary N) is 1. The molecule has 0 saturated heterocycles. The molecule has 0 atom stereocenters. The van der Waals surface area contributed by atoms with Gasteiger partial charge in [-0.25, -0.2) is 4.98 Å². The van der Waals surface area contributed by atoms with Crippen molar-refractivity contribution in [2.24, 2.45) is 0 Å². The van der Waals surface area contributed by atoms with E-state index in [-0.39, 0.29) is 11.7 Å². The van der Waals surface area contributed by atoms with Gasteiger partial charge in [0, 0.05) is 12.1 Å². The minimum absolute atomic E-state index is 0.153. The van der Waals surface area contributed by atoms with E-state index in [1.807, 2.05) is 28.8 Å². The van der Waals surface area contributed by atoms with Crippen LogP contribution in [0.25, 0.3) is 21.6 Å². The van der Waals surface area contributed by atoms with Crippen LogP contribution >= 0.6 is 23.1 Å². The van der Waals surface area contributed by atoms with Gasteiger partial charge in [-0.2, -0.15) is 0 Å². The van der Waals surface area contributed by atoms with Crippen molar-refractivity contribution in [1.29, 1.82) is 0 Å². The van der Waals surface area contributed by atoms with Crippen LogP contribution in [0.4, 0.5) is 5.13 Å². The molecule has 9 nitrogen and oxygen atoms in total. The SMILES string of the molecule is C=CCn1c(SCC(=O)Nc2nc3ccccc3s2)nnc1-c1cc(OC)c(OC)c(OC)c1. The zero-order valence-corrected chi connectivity index (χ0v) is 20.5. The Balaban J connectivity index is 1.54. The predicted molar refractivity (Wildman–Crippen MR) is 134 cm³/mol. The summed E-state index contributed by atoms with van der Waals surface area (Å²) in [6.45, 7) is 4.30. The highest BCUT2D eigenvalue weighted by Gasteiger charge is 2.20. The maximum absolute atomic E-state index is 12.6. The first-order valence-electron chi connectivity index (χ1n) is 10.2. The number of allylic oxidation sites excluding steroid dienone is 1. The third-order valence-electron chi connectivity index (χ3n) is 4.82. The Morgan fingerprint density at radius 1 is 1.15 bits per heavy atom. The predicted octanol–water partition coefficient (Wildman–Crippen LogP) is 4.50. The van der Waals surface area contributed by atoms with Crippen molar-refractivity contribution in [2.75, 3.05) is 32.4 Å². The molecule has 0 fully saturated rings. The first kappa shape index (κ1) is 23.6. The molecule has 0 bridgehead atoms. The highest BCUT2D eigenvalue weighted by molar-refractivity contribution is 7.99. The van der Waals surface area contributed by atoms with E-state index in [1.54, 1.807) is 39.5 Å². The number of ether oxygens (including phenoxy) is 3. The molecule has 0 aliphatic rings. The topological polar surface area (TPSA) is 100 Å². The third kappa shape index (κ3) is 4.85. The Hall–Kier alpha value is -3.57. The van der Waals surface area contributed by atoms with Gasteiger partial charge >= 0.3 is 0 Å². The van der Waals surface area contributed by atoms with Crippen LogP contribution in [0.5, 0.6) is 17.2 Å². The van der Waals surface area contributed by atoms with Gasteiger partial charge in [0.1, 0.15) is 0 Å². The first-order chi connectivity index (χ1) is 16.6. The number of anilines is 1. The normalized spacial score (nSPS) is 10.8. The van der Waals surface area contributed by atoms with Crippen LogP contribution in [0.3, 0.4) is 0 Å². The number of fused-ring (bicyclic) bond motifs is 1. The number of para-hydroxylation sites is 1. The van der Waals surface area contributed by atoms with Crippen LogP contribution in [0.15, 0.2) is 54.2 Å². The van der Waals surface area contributed by atoms with Gasteiger partial charge in [-0.3, -0.25) is 9.36 Å². The standard InChI is InChI=1S/C23H23N5O4S2/c1-5-10-28-21(14-11-16(30-2)20(32-4)17(12-14)31-3)26-27-23(28)33-13-19(29)25-22-24-15-8-6-7-9-18(15)34-22/h5-9,11-12H,1,10,13H2,2-4H3,(H,24,25,29). The number of aromatic nitrogens is 4. The molecule has 1 N–H and O–H groups in total. The van der Waals surface area contributed by atoms with E-state index in [2.05, 4.69) is 27.1 Å². The van der Waals surface area contributed by atoms with Crippen LogP contribution < -0.4 is 19.5 Å². The molecule has 4 aromatic rings. The third-order valence-corrected chi connectivity index (χ3v) is 6.74. The van der Waals surface area contributed by atoms with Gasteiger partial charge in [-0.15, -0.1) is 16.8 Å². The van der Waals surface area contributed by atoms with E-state index < -0.39 is 0 Å². The van der Waals surface area contributed by atoms with Gasteiger partial charge in [0.05, 0.1) is 37.3 Å². The van der Waals surface area contributed by atoms with E-state index >= 15 is 0 Å². The van der Waals surface area contributed by atoms with Crippen LogP contribution in [0.2, 0.25) is 0 Å².